The quantitative estimate of drug-likeness (QED) is 0.376. The molecule has 0 saturated carbocycles. The zero-order chi connectivity index (χ0) is 9.07. The third-order valence-corrected chi connectivity index (χ3v) is 1.48. The van der Waals surface area contributed by atoms with E-state index < -0.39 is 0 Å². The van der Waals surface area contributed by atoms with E-state index in [0.717, 1.165) is 32.8 Å². The van der Waals surface area contributed by atoms with E-state index in [1.165, 1.54) is 6.42 Å². The van der Waals surface area contributed by atoms with Gasteiger partial charge in [-0.15, -0.1) is 0 Å². The summed E-state index contributed by atoms with van der Waals surface area (Å²) >= 11 is 0. The molecular formula is C13H42N4. The van der Waals surface area contributed by atoms with Crippen LogP contribution >= 0.6 is 0 Å². The molecule has 0 aromatic carbocycles. The topological polar surface area (TPSA) is 62.1 Å². The molecule has 0 aliphatic rings. The summed E-state index contributed by atoms with van der Waals surface area (Å²) < 4.78 is 0. The Balaban J connectivity index is -0.0000000605. The lowest BCUT2D eigenvalue weighted by atomic mass is 10.5. The molecule has 4 heteroatoms. The first-order valence-electron chi connectivity index (χ1n) is 4.74. The van der Waals surface area contributed by atoms with Crippen LogP contribution in [-0.4, -0.2) is 39.4 Å². The Labute approximate surface area is 112 Å². The zero-order valence-corrected chi connectivity index (χ0v) is 8.03. The van der Waals surface area contributed by atoms with Crippen LogP contribution in [0.25, 0.3) is 0 Å². The van der Waals surface area contributed by atoms with Crippen LogP contribution in [-0.2, 0) is 0 Å². The normalized spacial score (nSPS) is 7.41. The number of nitrogens with two attached hydrogens (primary N) is 1. The lowest BCUT2D eigenvalue weighted by Gasteiger charge is -2.06. The molecule has 114 valence electrons. The van der Waals surface area contributed by atoms with Crippen LogP contribution in [0.2, 0.25) is 0 Å². The van der Waals surface area contributed by atoms with Gasteiger partial charge in [0.1, 0.15) is 0 Å². The average molecular weight is 255 g/mol. The SMILES string of the molecule is C.C.C.C.C.CCCNCCNCNCCN. The molecule has 0 saturated heterocycles. The maximum atomic E-state index is 5.31. The van der Waals surface area contributed by atoms with E-state index in [-0.39, 0.29) is 37.1 Å². The van der Waals surface area contributed by atoms with Gasteiger partial charge in [0.15, 0.2) is 0 Å². The van der Waals surface area contributed by atoms with Gasteiger partial charge in [-0.25, -0.2) is 0 Å². The predicted molar refractivity (Wildman–Crippen MR) is 86.7 cm³/mol. The maximum Gasteiger partial charge on any atom is 0.0455 e. The van der Waals surface area contributed by atoms with Gasteiger partial charge < -0.3 is 21.7 Å². The Kier molecular flexibility index (Phi) is 76.2. The standard InChI is InChI=1S/C8H22N4.5CH4/c1-2-4-10-6-7-12-8-11-5-3-9;;;;;/h10-12H,2-9H2,1H3;5*1H4. The fourth-order valence-corrected chi connectivity index (χ4v) is 0.846. The fourth-order valence-electron chi connectivity index (χ4n) is 0.846. The fraction of sp³-hybridized carbons (Fsp3) is 1.00. The molecule has 0 aliphatic carbocycles. The van der Waals surface area contributed by atoms with Crippen LogP contribution in [0.15, 0.2) is 0 Å². The molecular weight excluding hydrogens is 212 g/mol. The van der Waals surface area contributed by atoms with E-state index in [9.17, 15) is 0 Å². The highest BCUT2D eigenvalue weighted by atomic mass is 15.1. The Hall–Kier alpha value is -0.160. The summed E-state index contributed by atoms with van der Waals surface area (Å²) in [6, 6.07) is 0. The van der Waals surface area contributed by atoms with Gasteiger partial charge in [0.2, 0.25) is 0 Å². The maximum absolute atomic E-state index is 5.31. The molecule has 0 atom stereocenters. The largest absolute Gasteiger partial charge is 0.329 e. The van der Waals surface area contributed by atoms with E-state index in [1.54, 1.807) is 0 Å². The molecule has 4 nitrogen and oxygen atoms in total. The number of rotatable bonds is 9. The first kappa shape index (κ1) is 36.0. The van der Waals surface area contributed by atoms with Crippen LogP contribution in [0.1, 0.15) is 50.5 Å². The van der Waals surface area contributed by atoms with Crippen LogP contribution in [0.4, 0.5) is 0 Å². The van der Waals surface area contributed by atoms with E-state index in [4.69, 9.17) is 5.73 Å². The van der Waals surface area contributed by atoms with Crippen LogP contribution < -0.4 is 21.7 Å². The van der Waals surface area contributed by atoms with Gasteiger partial charge in [-0.2, -0.15) is 0 Å². The molecule has 0 heterocycles. The third kappa shape index (κ3) is 38.8. The van der Waals surface area contributed by atoms with Crippen molar-refractivity contribution < 1.29 is 0 Å². The second-order valence-electron chi connectivity index (χ2n) is 2.72. The van der Waals surface area contributed by atoms with Gasteiger partial charge in [0.25, 0.3) is 0 Å². The molecule has 0 amide bonds. The summed E-state index contributed by atoms with van der Waals surface area (Å²) in [5.41, 5.74) is 5.31. The molecule has 0 aromatic rings. The van der Waals surface area contributed by atoms with Gasteiger partial charge in [-0.05, 0) is 13.0 Å². The molecule has 0 radical (unpaired) electrons. The lowest BCUT2D eigenvalue weighted by molar-refractivity contribution is 0.560. The van der Waals surface area contributed by atoms with E-state index in [1.807, 2.05) is 0 Å². The molecule has 0 fully saturated rings. The van der Waals surface area contributed by atoms with Crippen molar-refractivity contribution in [1.82, 2.24) is 16.0 Å². The van der Waals surface area contributed by atoms with Crippen LogP contribution in [0.5, 0.6) is 0 Å². The van der Waals surface area contributed by atoms with Gasteiger partial charge in [-0.3, -0.25) is 0 Å². The van der Waals surface area contributed by atoms with Crippen molar-refractivity contribution in [2.75, 3.05) is 39.4 Å². The molecule has 0 spiro atoms. The molecule has 0 aromatic heterocycles. The van der Waals surface area contributed by atoms with Gasteiger partial charge in [-0.1, -0.05) is 44.1 Å². The van der Waals surface area contributed by atoms with Crippen LogP contribution in [0.3, 0.4) is 0 Å². The third-order valence-electron chi connectivity index (χ3n) is 1.48. The summed E-state index contributed by atoms with van der Waals surface area (Å²) in [5, 5.41) is 9.72. The highest BCUT2D eigenvalue weighted by molar-refractivity contribution is 4.51. The smallest absolute Gasteiger partial charge is 0.0455 e. The summed E-state index contributed by atoms with van der Waals surface area (Å²) in [7, 11) is 0. The minimum absolute atomic E-state index is 0. The number of nitrogens with one attached hydrogen (secondary N) is 3. The van der Waals surface area contributed by atoms with Gasteiger partial charge >= 0.3 is 0 Å². The Morgan fingerprint density at radius 3 is 1.65 bits per heavy atom. The zero-order valence-electron chi connectivity index (χ0n) is 8.03. The van der Waals surface area contributed by atoms with E-state index >= 15 is 0 Å². The van der Waals surface area contributed by atoms with Crippen molar-refractivity contribution in [2.24, 2.45) is 5.73 Å². The lowest BCUT2D eigenvalue weighted by Crippen LogP contribution is -2.36. The number of hydrogen-bond donors (Lipinski definition) is 4. The Morgan fingerprint density at radius 1 is 0.706 bits per heavy atom. The second kappa shape index (κ2) is 36.0. The summed E-state index contributed by atoms with van der Waals surface area (Å²) in [6.07, 6.45) is 1.20. The highest BCUT2D eigenvalue weighted by Crippen LogP contribution is 1.67. The van der Waals surface area contributed by atoms with Gasteiger partial charge in [0, 0.05) is 32.8 Å². The predicted octanol–water partition coefficient (Wildman–Crippen LogP) is 2.26. The molecule has 0 unspecified atom stereocenters. The first-order valence-corrected chi connectivity index (χ1v) is 4.74. The van der Waals surface area contributed by atoms with Crippen molar-refractivity contribution in [3.8, 4) is 0 Å². The minimum atomic E-state index is 0. The first-order chi connectivity index (χ1) is 5.91. The van der Waals surface area contributed by atoms with Crippen molar-refractivity contribution >= 4 is 0 Å². The Bertz CT molecular complexity index is 69.8. The monoisotopic (exact) mass is 254 g/mol. The van der Waals surface area contributed by atoms with Crippen molar-refractivity contribution in [3.05, 3.63) is 0 Å². The second-order valence-corrected chi connectivity index (χ2v) is 2.72. The van der Waals surface area contributed by atoms with Crippen molar-refractivity contribution in [2.45, 2.75) is 50.5 Å². The number of hydrogen-bond acceptors (Lipinski definition) is 4. The van der Waals surface area contributed by atoms with Crippen LogP contribution in [0, 0.1) is 0 Å². The van der Waals surface area contributed by atoms with E-state index in [2.05, 4.69) is 22.9 Å². The summed E-state index contributed by atoms with van der Waals surface area (Å²) in [4.78, 5) is 0. The molecule has 0 bridgehead atoms. The van der Waals surface area contributed by atoms with Crippen molar-refractivity contribution in [1.29, 1.82) is 0 Å². The van der Waals surface area contributed by atoms with Gasteiger partial charge in [0.05, 0.1) is 0 Å². The molecule has 5 N–H and O–H groups in total. The molecule has 0 rings (SSSR count). The average Bonchev–Trinajstić information content (AvgIpc) is 2.10. The highest BCUT2D eigenvalue weighted by Gasteiger charge is 1.85. The molecule has 17 heavy (non-hydrogen) atoms. The summed E-state index contributed by atoms with van der Waals surface area (Å²) in [5.74, 6) is 0. The van der Waals surface area contributed by atoms with E-state index in [0.29, 0.717) is 6.54 Å². The Morgan fingerprint density at radius 2 is 1.18 bits per heavy atom. The summed E-state index contributed by atoms with van der Waals surface area (Å²) in [6.45, 7) is 7.77. The van der Waals surface area contributed by atoms with Crippen molar-refractivity contribution in [3.63, 3.8) is 0 Å². The molecule has 0 aliphatic heterocycles. The minimum Gasteiger partial charge on any atom is -0.329 e.